The Morgan fingerprint density at radius 3 is 2.53 bits per heavy atom. The summed E-state index contributed by atoms with van der Waals surface area (Å²) in [5.74, 6) is 0.486. The molecule has 0 bridgehead atoms. The second-order valence-corrected chi connectivity index (χ2v) is 8.81. The van der Waals surface area contributed by atoms with Crippen LogP contribution in [-0.4, -0.2) is 39.0 Å². The summed E-state index contributed by atoms with van der Waals surface area (Å²) in [5, 5.41) is 3.17. The normalized spacial score (nSPS) is 19.4. The summed E-state index contributed by atoms with van der Waals surface area (Å²) in [6, 6.07) is 16.7. The number of nitrogens with one attached hydrogen (secondary N) is 1. The van der Waals surface area contributed by atoms with Crippen LogP contribution < -0.4 is 5.32 Å². The molecule has 2 aromatic rings. The van der Waals surface area contributed by atoms with Crippen molar-refractivity contribution in [3.63, 3.8) is 0 Å². The SMILES string of the molecule is CCC(C)C1C(=O)N=C2c3ccccc3N=C(SC(C)C(=O)Nc3ccccc3)N21. The molecule has 6 nitrogen and oxygen atoms in total. The van der Waals surface area contributed by atoms with E-state index in [1.807, 2.05) is 66.4 Å². The van der Waals surface area contributed by atoms with Gasteiger partial charge in [0.25, 0.3) is 5.91 Å². The summed E-state index contributed by atoms with van der Waals surface area (Å²) in [6.07, 6.45) is 0.847. The van der Waals surface area contributed by atoms with Crippen LogP contribution in [0.3, 0.4) is 0 Å². The van der Waals surface area contributed by atoms with Crippen LogP contribution in [0.15, 0.2) is 64.6 Å². The van der Waals surface area contributed by atoms with E-state index >= 15 is 0 Å². The Kier molecular flexibility index (Phi) is 5.72. The van der Waals surface area contributed by atoms with Crippen molar-refractivity contribution in [1.82, 2.24) is 4.90 Å². The Hall–Kier alpha value is -2.93. The van der Waals surface area contributed by atoms with Gasteiger partial charge in [-0.05, 0) is 37.1 Å². The Morgan fingerprint density at radius 1 is 1.10 bits per heavy atom. The highest BCUT2D eigenvalue weighted by Gasteiger charge is 2.44. The Labute approximate surface area is 180 Å². The third-order valence-electron chi connectivity index (χ3n) is 5.42. The molecule has 3 unspecified atom stereocenters. The monoisotopic (exact) mass is 420 g/mol. The van der Waals surface area contributed by atoms with Crippen molar-refractivity contribution in [2.45, 2.75) is 38.5 Å². The van der Waals surface area contributed by atoms with Gasteiger partial charge in [-0.1, -0.05) is 62.4 Å². The Balaban J connectivity index is 1.63. The molecule has 154 valence electrons. The number of anilines is 1. The number of hydrogen-bond acceptors (Lipinski definition) is 5. The van der Waals surface area contributed by atoms with Crippen molar-refractivity contribution in [3.05, 3.63) is 60.2 Å². The third-order valence-corrected chi connectivity index (χ3v) is 6.48. The van der Waals surface area contributed by atoms with Gasteiger partial charge in [0.1, 0.15) is 11.9 Å². The smallest absolute Gasteiger partial charge is 0.271 e. The van der Waals surface area contributed by atoms with Gasteiger partial charge < -0.3 is 5.32 Å². The van der Waals surface area contributed by atoms with Gasteiger partial charge in [0.05, 0.1) is 10.9 Å². The van der Waals surface area contributed by atoms with Crippen LogP contribution >= 0.6 is 11.8 Å². The van der Waals surface area contributed by atoms with Crippen molar-refractivity contribution < 1.29 is 9.59 Å². The zero-order valence-corrected chi connectivity index (χ0v) is 18.0. The number of rotatable bonds is 5. The fourth-order valence-corrected chi connectivity index (χ4v) is 4.51. The summed E-state index contributed by atoms with van der Waals surface area (Å²) in [6.45, 7) is 5.96. The first-order valence-electron chi connectivity index (χ1n) is 10.1. The van der Waals surface area contributed by atoms with Crippen LogP contribution in [0.2, 0.25) is 0 Å². The first-order valence-corrected chi connectivity index (χ1v) is 11.0. The predicted molar refractivity (Wildman–Crippen MR) is 122 cm³/mol. The maximum Gasteiger partial charge on any atom is 0.271 e. The summed E-state index contributed by atoms with van der Waals surface area (Å²) in [4.78, 5) is 36.7. The van der Waals surface area contributed by atoms with Crippen molar-refractivity contribution in [3.8, 4) is 0 Å². The standard InChI is InChI=1S/C23H24N4O2S/c1-4-14(2)19-22(29)26-20-17-12-8-9-13-18(17)25-23(27(19)20)30-15(3)21(28)24-16-10-6-5-7-11-16/h5-15,19H,4H2,1-3H3,(H,24,28). The van der Waals surface area contributed by atoms with E-state index in [2.05, 4.69) is 24.2 Å². The van der Waals surface area contributed by atoms with Gasteiger partial charge in [-0.2, -0.15) is 4.99 Å². The summed E-state index contributed by atoms with van der Waals surface area (Å²) < 4.78 is 0. The molecule has 0 saturated heterocycles. The van der Waals surface area contributed by atoms with E-state index in [0.717, 1.165) is 23.4 Å². The lowest BCUT2D eigenvalue weighted by Crippen LogP contribution is -2.47. The molecular formula is C23H24N4O2S. The highest BCUT2D eigenvalue weighted by atomic mass is 32.2. The average molecular weight is 421 g/mol. The van der Waals surface area contributed by atoms with E-state index in [9.17, 15) is 9.59 Å². The van der Waals surface area contributed by atoms with Crippen LogP contribution in [-0.2, 0) is 9.59 Å². The molecule has 0 spiro atoms. The fraction of sp³-hybridized carbons (Fsp3) is 0.304. The number of nitrogens with zero attached hydrogens (tertiary/aromatic N) is 3. The number of carbonyl (C=O) groups is 2. The van der Waals surface area contributed by atoms with Crippen molar-refractivity contribution >= 4 is 46.0 Å². The topological polar surface area (TPSA) is 74.1 Å². The molecule has 1 N–H and O–H groups in total. The lowest BCUT2D eigenvalue weighted by molar-refractivity contribution is -0.120. The van der Waals surface area contributed by atoms with Crippen molar-refractivity contribution in [2.75, 3.05) is 5.32 Å². The van der Waals surface area contributed by atoms with Crippen LogP contribution in [0.4, 0.5) is 11.4 Å². The van der Waals surface area contributed by atoms with Crippen LogP contribution in [0.25, 0.3) is 0 Å². The molecule has 4 rings (SSSR count). The largest absolute Gasteiger partial charge is 0.325 e. The molecule has 2 aromatic carbocycles. The molecule has 0 aliphatic carbocycles. The van der Waals surface area contributed by atoms with E-state index in [4.69, 9.17) is 4.99 Å². The van der Waals surface area contributed by atoms with E-state index in [1.165, 1.54) is 11.8 Å². The Morgan fingerprint density at radius 2 is 1.80 bits per heavy atom. The molecule has 2 heterocycles. The number of carbonyl (C=O) groups excluding carboxylic acids is 2. The lowest BCUT2D eigenvalue weighted by Gasteiger charge is -2.34. The number of para-hydroxylation sites is 2. The molecular weight excluding hydrogens is 396 g/mol. The molecule has 2 amide bonds. The first-order chi connectivity index (χ1) is 14.5. The molecule has 0 radical (unpaired) electrons. The molecule has 0 saturated carbocycles. The van der Waals surface area contributed by atoms with Crippen LogP contribution in [0.5, 0.6) is 0 Å². The second-order valence-electron chi connectivity index (χ2n) is 7.50. The zero-order valence-electron chi connectivity index (χ0n) is 17.2. The quantitative estimate of drug-likeness (QED) is 0.775. The van der Waals surface area contributed by atoms with Gasteiger partial charge in [-0.3, -0.25) is 14.5 Å². The van der Waals surface area contributed by atoms with Crippen molar-refractivity contribution in [2.24, 2.45) is 15.9 Å². The summed E-state index contributed by atoms with van der Waals surface area (Å²) in [5.41, 5.74) is 2.37. The van der Waals surface area contributed by atoms with Gasteiger partial charge >= 0.3 is 0 Å². The number of hydrogen-bond donors (Lipinski definition) is 1. The van der Waals surface area contributed by atoms with Crippen LogP contribution in [0.1, 0.15) is 32.8 Å². The minimum atomic E-state index is -0.399. The number of fused-ring (bicyclic) bond motifs is 3. The van der Waals surface area contributed by atoms with Gasteiger partial charge in [0.15, 0.2) is 5.17 Å². The average Bonchev–Trinajstić information content (AvgIpc) is 3.11. The minimum Gasteiger partial charge on any atom is -0.325 e. The maximum atomic E-state index is 12.8. The summed E-state index contributed by atoms with van der Waals surface area (Å²) in [7, 11) is 0. The number of amides is 2. The molecule has 30 heavy (non-hydrogen) atoms. The van der Waals surface area contributed by atoms with Gasteiger partial charge in [0.2, 0.25) is 5.91 Å². The third kappa shape index (κ3) is 3.77. The van der Waals surface area contributed by atoms with Gasteiger partial charge in [-0.15, -0.1) is 0 Å². The number of benzene rings is 2. The predicted octanol–water partition coefficient (Wildman–Crippen LogP) is 4.45. The van der Waals surface area contributed by atoms with Gasteiger partial charge in [-0.25, -0.2) is 4.99 Å². The highest BCUT2D eigenvalue weighted by Crippen LogP contribution is 2.37. The Bertz CT molecular complexity index is 1030. The molecule has 2 aliphatic heterocycles. The van der Waals surface area contributed by atoms with E-state index < -0.39 is 11.3 Å². The van der Waals surface area contributed by atoms with Crippen molar-refractivity contribution in [1.29, 1.82) is 0 Å². The first kappa shape index (κ1) is 20.3. The summed E-state index contributed by atoms with van der Waals surface area (Å²) >= 11 is 1.35. The zero-order chi connectivity index (χ0) is 21.3. The van der Waals surface area contributed by atoms with E-state index in [1.54, 1.807) is 0 Å². The molecule has 0 fully saturated rings. The lowest BCUT2D eigenvalue weighted by atomic mass is 9.97. The van der Waals surface area contributed by atoms with E-state index in [0.29, 0.717) is 11.0 Å². The number of thioether (sulfide) groups is 1. The molecule has 0 aromatic heterocycles. The van der Waals surface area contributed by atoms with E-state index in [-0.39, 0.29) is 17.7 Å². The molecule has 2 aliphatic rings. The maximum absolute atomic E-state index is 12.8. The fourth-order valence-electron chi connectivity index (χ4n) is 3.56. The molecule has 7 heteroatoms. The number of aliphatic imine (C=N–C) groups is 2. The highest BCUT2D eigenvalue weighted by molar-refractivity contribution is 8.14. The van der Waals surface area contributed by atoms with Crippen LogP contribution in [0, 0.1) is 5.92 Å². The minimum absolute atomic E-state index is 0.114. The second kappa shape index (κ2) is 8.44. The molecule has 3 atom stereocenters. The number of amidine groups is 2. The van der Waals surface area contributed by atoms with Gasteiger partial charge in [0, 0.05) is 11.3 Å².